The van der Waals surface area contributed by atoms with E-state index in [1.807, 2.05) is 48.5 Å². The SMILES string of the molecule is COc1cc2ccccc2cc1C(=O)N(Cc1cccnc1)c1nc2c(C)c(C)ccc2s1. The average molecular weight is 454 g/mol. The second-order valence-electron chi connectivity index (χ2n) is 8.00. The molecular weight excluding hydrogens is 430 g/mol. The first-order valence-electron chi connectivity index (χ1n) is 10.7. The molecule has 0 radical (unpaired) electrons. The normalized spacial score (nSPS) is 11.1. The summed E-state index contributed by atoms with van der Waals surface area (Å²) >= 11 is 1.52. The first-order valence-corrected chi connectivity index (χ1v) is 11.5. The molecule has 2 heterocycles. The second-order valence-corrected chi connectivity index (χ2v) is 9.01. The standard InChI is InChI=1S/C27H23N3O2S/c1-17-10-11-24-25(18(17)2)29-27(33-24)30(16-19-7-6-12-28-15-19)26(31)22-13-20-8-4-5-9-21(20)14-23(22)32-3/h4-15H,16H2,1-3H3. The van der Waals surface area contributed by atoms with Crippen molar-refractivity contribution in [3.05, 3.63) is 95.3 Å². The molecule has 164 valence electrons. The van der Waals surface area contributed by atoms with Crippen LogP contribution in [0.5, 0.6) is 5.75 Å². The van der Waals surface area contributed by atoms with Crippen molar-refractivity contribution in [2.45, 2.75) is 20.4 Å². The second kappa shape index (κ2) is 8.64. The molecule has 5 aromatic rings. The molecule has 0 saturated heterocycles. The van der Waals surface area contributed by atoms with Crippen LogP contribution in [0.1, 0.15) is 27.0 Å². The van der Waals surface area contributed by atoms with Crippen LogP contribution >= 0.6 is 11.3 Å². The highest BCUT2D eigenvalue weighted by molar-refractivity contribution is 7.22. The molecule has 5 rings (SSSR count). The molecule has 0 aliphatic carbocycles. The zero-order chi connectivity index (χ0) is 22.9. The highest BCUT2D eigenvalue weighted by Crippen LogP contribution is 2.35. The number of rotatable bonds is 5. The fourth-order valence-electron chi connectivity index (χ4n) is 3.93. The molecule has 0 unspecified atom stereocenters. The Bertz CT molecular complexity index is 1480. The number of methoxy groups -OCH3 is 1. The number of benzene rings is 3. The van der Waals surface area contributed by atoms with Gasteiger partial charge >= 0.3 is 0 Å². The summed E-state index contributed by atoms with van der Waals surface area (Å²) in [5, 5.41) is 2.66. The Balaban J connectivity index is 1.65. The summed E-state index contributed by atoms with van der Waals surface area (Å²) in [6.45, 7) is 4.51. The Morgan fingerprint density at radius 2 is 1.82 bits per heavy atom. The predicted molar refractivity (Wildman–Crippen MR) is 134 cm³/mol. The maximum atomic E-state index is 14.0. The topological polar surface area (TPSA) is 55.3 Å². The van der Waals surface area contributed by atoms with Crippen molar-refractivity contribution in [3.63, 3.8) is 0 Å². The van der Waals surface area contributed by atoms with Crippen molar-refractivity contribution in [1.82, 2.24) is 9.97 Å². The van der Waals surface area contributed by atoms with Crippen LogP contribution in [0.15, 0.2) is 73.1 Å². The first-order chi connectivity index (χ1) is 16.0. The molecular formula is C27H23N3O2S. The number of ether oxygens (including phenoxy) is 1. The monoisotopic (exact) mass is 453 g/mol. The Morgan fingerprint density at radius 1 is 1.03 bits per heavy atom. The van der Waals surface area contributed by atoms with Gasteiger partial charge in [0.25, 0.3) is 5.91 Å². The van der Waals surface area contributed by atoms with Gasteiger partial charge in [-0.3, -0.25) is 14.7 Å². The van der Waals surface area contributed by atoms with Gasteiger partial charge in [0.1, 0.15) is 5.75 Å². The average Bonchev–Trinajstić information content (AvgIpc) is 3.29. The Hall–Kier alpha value is -3.77. The summed E-state index contributed by atoms with van der Waals surface area (Å²) in [5.41, 5.74) is 4.68. The van der Waals surface area contributed by atoms with Gasteiger partial charge in [0, 0.05) is 12.4 Å². The van der Waals surface area contributed by atoms with Crippen LogP contribution in [0.2, 0.25) is 0 Å². The number of thiazole rings is 1. The van der Waals surface area contributed by atoms with E-state index in [1.165, 1.54) is 16.9 Å². The Kier molecular flexibility index (Phi) is 5.52. The molecule has 5 nitrogen and oxygen atoms in total. The molecule has 3 aromatic carbocycles. The van der Waals surface area contributed by atoms with Gasteiger partial charge in [-0.25, -0.2) is 4.98 Å². The van der Waals surface area contributed by atoms with Crippen LogP contribution in [0.25, 0.3) is 21.0 Å². The minimum Gasteiger partial charge on any atom is -0.496 e. The Labute approximate surface area is 196 Å². The highest BCUT2D eigenvalue weighted by atomic mass is 32.1. The van der Waals surface area contributed by atoms with E-state index in [0.29, 0.717) is 23.0 Å². The maximum Gasteiger partial charge on any atom is 0.264 e. The molecule has 0 saturated carbocycles. The lowest BCUT2D eigenvalue weighted by Crippen LogP contribution is -2.30. The predicted octanol–water partition coefficient (Wildman–Crippen LogP) is 6.32. The number of carbonyl (C=O) groups is 1. The number of amides is 1. The zero-order valence-corrected chi connectivity index (χ0v) is 19.5. The molecule has 0 aliphatic heterocycles. The number of anilines is 1. The summed E-state index contributed by atoms with van der Waals surface area (Å²) in [6.07, 6.45) is 3.51. The lowest BCUT2D eigenvalue weighted by molar-refractivity contribution is 0.0982. The lowest BCUT2D eigenvalue weighted by atomic mass is 10.0. The number of hydrogen-bond donors (Lipinski definition) is 0. The van der Waals surface area contributed by atoms with Crippen LogP contribution in [0.3, 0.4) is 0 Å². The van der Waals surface area contributed by atoms with Crippen LogP contribution in [-0.2, 0) is 6.54 Å². The third-order valence-electron chi connectivity index (χ3n) is 5.91. The van der Waals surface area contributed by atoms with Crippen molar-refractivity contribution in [2.24, 2.45) is 0 Å². The molecule has 33 heavy (non-hydrogen) atoms. The van der Waals surface area contributed by atoms with E-state index in [0.717, 1.165) is 32.1 Å². The first kappa shape index (κ1) is 21.1. The van der Waals surface area contributed by atoms with Gasteiger partial charge in [-0.1, -0.05) is 47.7 Å². The van der Waals surface area contributed by atoms with Gasteiger partial charge in [0.05, 0.1) is 29.4 Å². The molecule has 0 aliphatic rings. The number of aromatic nitrogens is 2. The fraction of sp³-hybridized carbons (Fsp3) is 0.148. The van der Waals surface area contributed by atoms with Crippen molar-refractivity contribution in [2.75, 3.05) is 12.0 Å². The Morgan fingerprint density at radius 3 is 2.55 bits per heavy atom. The summed E-state index contributed by atoms with van der Waals surface area (Å²) in [6, 6.07) is 19.8. The molecule has 0 N–H and O–H groups in total. The van der Waals surface area contributed by atoms with Gasteiger partial charge in [-0.15, -0.1) is 0 Å². The van der Waals surface area contributed by atoms with Gasteiger partial charge in [-0.2, -0.15) is 0 Å². The van der Waals surface area contributed by atoms with Crippen molar-refractivity contribution >= 4 is 43.4 Å². The van der Waals surface area contributed by atoms with Gasteiger partial charge in [0.2, 0.25) is 0 Å². The largest absolute Gasteiger partial charge is 0.496 e. The number of nitrogens with zero attached hydrogens (tertiary/aromatic N) is 3. The fourth-order valence-corrected chi connectivity index (χ4v) is 4.95. The molecule has 1 amide bonds. The van der Waals surface area contributed by atoms with Crippen LogP contribution in [-0.4, -0.2) is 23.0 Å². The molecule has 0 fully saturated rings. The van der Waals surface area contributed by atoms with Gasteiger partial charge in [-0.05, 0) is 65.6 Å². The van der Waals surface area contributed by atoms with E-state index >= 15 is 0 Å². The molecule has 0 spiro atoms. The van der Waals surface area contributed by atoms with E-state index in [4.69, 9.17) is 9.72 Å². The van der Waals surface area contributed by atoms with Crippen LogP contribution in [0, 0.1) is 13.8 Å². The third kappa shape index (κ3) is 3.94. The summed E-state index contributed by atoms with van der Waals surface area (Å²) in [4.78, 5) is 24.8. The van der Waals surface area contributed by atoms with Gasteiger partial charge < -0.3 is 4.74 Å². The quantitative estimate of drug-likeness (QED) is 0.313. The van der Waals surface area contributed by atoms with E-state index in [1.54, 1.807) is 24.4 Å². The zero-order valence-electron chi connectivity index (χ0n) is 18.7. The summed E-state index contributed by atoms with van der Waals surface area (Å²) in [5.74, 6) is 0.387. The van der Waals surface area contributed by atoms with Gasteiger partial charge in [0.15, 0.2) is 5.13 Å². The number of fused-ring (bicyclic) bond motifs is 2. The maximum absolute atomic E-state index is 14.0. The number of pyridine rings is 1. The van der Waals surface area contributed by atoms with Crippen molar-refractivity contribution in [3.8, 4) is 5.75 Å². The van der Waals surface area contributed by atoms with E-state index in [-0.39, 0.29) is 5.91 Å². The number of carbonyl (C=O) groups excluding carboxylic acids is 1. The summed E-state index contributed by atoms with van der Waals surface area (Å²) in [7, 11) is 1.59. The van der Waals surface area contributed by atoms with Crippen molar-refractivity contribution in [1.29, 1.82) is 0 Å². The van der Waals surface area contributed by atoms with E-state index in [2.05, 4.69) is 31.0 Å². The lowest BCUT2D eigenvalue weighted by Gasteiger charge is -2.21. The smallest absolute Gasteiger partial charge is 0.264 e. The minimum atomic E-state index is -0.158. The molecule has 0 atom stereocenters. The van der Waals surface area contributed by atoms with E-state index in [9.17, 15) is 4.79 Å². The molecule has 0 bridgehead atoms. The highest BCUT2D eigenvalue weighted by Gasteiger charge is 2.25. The van der Waals surface area contributed by atoms with Crippen LogP contribution in [0.4, 0.5) is 5.13 Å². The number of hydrogen-bond acceptors (Lipinski definition) is 5. The number of aryl methyl sites for hydroxylation is 2. The molecule has 6 heteroatoms. The minimum absolute atomic E-state index is 0.158. The molecule has 2 aromatic heterocycles. The van der Waals surface area contributed by atoms with Crippen molar-refractivity contribution < 1.29 is 9.53 Å². The summed E-state index contributed by atoms with van der Waals surface area (Å²) < 4.78 is 6.69. The van der Waals surface area contributed by atoms with E-state index < -0.39 is 0 Å². The van der Waals surface area contributed by atoms with Crippen LogP contribution < -0.4 is 9.64 Å². The third-order valence-corrected chi connectivity index (χ3v) is 6.95.